The number of ether oxygens (including phenoxy) is 1. The lowest BCUT2D eigenvalue weighted by molar-refractivity contribution is -0.139. The van der Waals surface area contributed by atoms with Crippen LogP contribution in [0.3, 0.4) is 0 Å². The van der Waals surface area contributed by atoms with Gasteiger partial charge in [-0.15, -0.1) is 0 Å². The van der Waals surface area contributed by atoms with Crippen LogP contribution in [0.25, 0.3) is 0 Å². The first-order valence-electron chi connectivity index (χ1n) is 12.1. The summed E-state index contributed by atoms with van der Waals surface area (Å²) in [4.78, 5) is 38.3. The predicted molar refractivity (Wildman–Crippen MR) is 148 cm³/mol. The molecule has 4 heterocycles. The predicted octanol–water partition coefficient (Wildman–Crippen LogP) is 3.93. The standard InChI is InChI=1S/C28H25FN4O3S2/c1-31-16-22(18-10-12-30-13-11-18)28(27(31)21-14-19(29)6-9-23(21)32(2)24(27)34)25(35)33(26(37)38-28)15-17-4-7-20(36-3)8-5-17/h4-14,22H,15-16H2,1-3H3/t22-,27-,28-/m1/s1. The van der Waals surface area contributed by atoms with E-state index >= 15 is 0 Å². The number of likely N-dealkylation sites (tertiary alicyclic amines) is 1. The van der Waals surface area contributed by atoms with Gasteiger partial charge in [0.1, 0.15) is 20.6 Å². The Kier molecular flexibility index (Phi) is 5.82. The van der Waals surface area contributed by atoms with Crippen molar-refractivity contribution in [3.8, 4) is 5.75 Å². The summed E-state index contributed by atoms with van der Waals surface area (Å²) >= 11 is 7.09. The van der Waals surface area contributed by atoms with E-state index in [0.29, 0.717) is 27.9 Å². The Morgan fingerprint density at radius 1 is 1.08 bits per heavy atom. The molecule has 194 valence electrons. The number of aromatic nitrogens is 1. The molecule has 2 fully saturated rings. The molecule has 0 aliphatic carbocycles. The van der Waals surface area contributed by atoms with Crippen molar-refractivity contribution in [2.24, 2.45) is 0 Å². The molecule has 10 heteroatoms. The first-order valence-corrected chi connectivity index (χ1v) is 13.4. The smallest absolute Gasteiger partial charge is 0.254 e. The lowest BCUT2D eigenvalue weighted by atomic mass is 9.72. The molecule has 2 amide bonds. The Balaban J connectivity index is 1.56. The molecule has 1 aromatic heterocycles. The van der Waals surface area contributed by atoms with Crippen molar-refractivity contribution in [3.05, 3.63) is 89.5 Å². The second-order valence-electron chi connectivity index (χ2n) is 9.79. The number of carbonyl (C=O) groups excluding carboxylic acids is 2. The molecule has 2 aromatic carbocycles. The molecule has 0 N–H and O–H groups in total. The van der Waals surface area contributed by atoms with E-state index in [9.17, 15) is 14.0 Å². The third kappa shape index (κ3) is 3.17. The molecular weight excluding hydrogens is 523 g/mol. The van der Waals surface area contributed by atoms with Gasteiger partial charge in [-0.1, -0.05) is 36.1 Å². The van der Waals surface area contributed by atoms with Gasteiger partial charge in [-0.25, -0.2) is 4.39 Å². The number of methoxy groups -OCH3 is 1. The third-order valence-corrected chi connectivity index (χ3v) is 9.96. The molecule has 0 unspecified atom stereocenters. The number of nitrogens with zero attached hydrogens (tertiary/aromatic N) is 4. The van der Waals surface area contributed by atoms with Gasteiger partial charge in [0.25, 0.3) is 5.91 Å². The molecule has 2 saturated heterocycles. The number of thiocarbonyl (C=S) groups is 1. The number of likely N-dealkylation sites (N-methyl/N-ethyl adjacent to an activating group) is 2. The number of amides is 2. The fraction of sp³-hybridized carbons (Fsp3) is 0.286. The zero-order valence-corrected chi connectivity index (χ0v) is 22.7. The van der Waals surface area contributed by atoms with Gasteiger partial charge in [-0.2, -0.15) is 0 Å². The molecule has 3 atom stereocenters. The molecule has 2 spiro atoms. The summed E-state index contributed by atoms with van der Waals surface area (Å²) < 4.78 is 19.1. The van der Waals surface area contributed by atoms with Crippen LogP contribution in [-0.2, 0) is 21.7 Å². The van der Waals surface area contributed by atoms with Gasteiger partial charge >= 0.3 is 0 Å². The van der Waals surface area contributed by atoms with E-state index in [0.717, 1.165) is 11.1 Å². The Hall–Kier alpha value is -3.34. The molecule has 3 aliphatic rings. The number of hydrogen-bond acceptors (Lipinski definition) is 7. The number of fused-ring (bicyclic) bond motifs is 3. The van der Waals surface area contributed by atoms with Crippen LogP contribution in [0.4, 0.5) is 10.1 Å². The van der Waals surface area contributed by atoms with Crippen LogP contribution in [0.15, 0.2) is 67.0 Å². The van der Waals surface area contributed by atoms with Crippen LogP contribution in [0.2, 0.25) is 0 Å². The average molecular weight is 549 g/mol. The molecular formula is C28H25FN4O3S2. The second kappa shape index (κ2) is 8.86. The van der Waals surface area contributed by atoms with Crippen molar-refractivity contribution in [1.82, 2.24) is 14.8 Å². The lowest BCUT2D eigenvalue weighted by Gasteiger charge is -2.42. The number of halogens is 1. The second-order valence-corrected chi connectivity index (χ2v) is 11.7. The molecule has 0 saturated carbocycles. The molecule has 0 radical (unpaired) electrons. The van der Waals surface area contributed by atoms with Crippen molar-refractivity contribution in [3.63, 3.8) is 0 Å². The van der Waals surface area contributed by atoms with Gasteiger partial charge in [-0.3, -0.25) is 24.4 Å². The van der Waals surface area contributed by atoms with Crippen LogP contribution in [0, 0.1) is 5.82 Å². The summed E-state index contributed by atoms with van der Waals surface area (Å²) in [6, 6.07) is 15.5. The number of benzene rings is 2. The van der Waals surface area contributed by atoms with E-state index in [1.165, 1.54) is 28.8 Å². The van der Waals surface area contributed by atoms with Gasteiger partial charge in [-0.05, 0) is 60.6 Å². The SMILES string of the molecule is COc1ccc(CN2C(=O)[C@]3(SC2=S)[C@@H](c2ccncc2)CN(C)[C@]32C(=O)N(C)c3ccc(F)cc32)cc1. The van der Waals surface area contributed by atoms with Crippen molar-refractivity contribution >= 4 is 45.8 Å². The van der Waals surface area contributed by atoms with E-state index in [4.69, 9.17) is 17.0 Å². The van der Waals surface area contributed by atoms with Gasteiger partial charge in [0.15, 0.2) is 5.54 Å². The van der Waals surface area contributed by atoms with E-state index in [2.05, 4.69) is 4.98 Å². The highest BCUT2D eigenvalue weighted by Crippen LogP contribution is 2.66. The van der Waals surface area contributed by atoms with Gasteiger partial charge in [0.2, 0.25) is 5.91 Å². The van der Waals surface area contributed by atoms with E-state index in [1.807, 2.05) is 48.3 Å². The van der Waals surface area contributed by atoms with Crippen molar-refractivity contribution in [1.29, 1.82) is 0 Å². The number of thioether (sulfide) groups is 1. The molecule has 6 rings (SSSR count). The number of rotatable bonds is 4. The highest BCUT2D eigenvalue weighted by molar-refractivity contribution is 8.25. The van der Waals surface area contributed by atoms with E-state index in [-0.39, 0.29) is 18.4 Å². The topological polar surface area (TPSA) is 66.0 Å². The third-order valence-electron chi connectivity index (χ3n) is 8.02. The average Bonchev–Trinajstić information content (AvgIpc) is 3.43. The number of anilines is 1. The van der Waals surface area contributed by atoms with Crippen molar-refractivity contribution < 1.29 is 18.7 Å². The van der Waals surface area contributed by atoms with E-state index < -0.39 is 22.0 Å². The maximum absolute atomic E-state index is 14.8. The Labute approximate surface area is 229 Å². The van der Waals surface area contributed by atoms with Crippen LogP contribution in [0.1, 0.15) is 22.6 Å². The Bertz CT molecular complexity index is 1470. The quantitative estimate of drug-likeness (QED) is 0.458. The minimum absolute atomic E-state index is 0.249. The van der Waals surface area contributed by atoms with E-state index in [1.54, 1.807) is 37.5 Å². The van der Waals surface area contributed by atoms with Gasteiger partial charge in [0.05, 0.1) is 13.7 Å². The summed E-state index contributed by atoms with van der Waals surface area (Å²) in [5.74, 6) is -0.684. The maximum Gasteiger partial charge on any atom is 0.254 e. The monoisotopic (exact) mass is 548 g/mol. The number of hydrogen-bond donors (Lipinski definition) is 0. The summed E-state index contributed by atoms with van der Waals surface area (Å²) in [5, 5.41) is 0. The first kappa shape index (κ1) is 25.0. The van der Waals surface area contributed by atoms with Crippen molar-refractivity contribution in [2.75, 3.05) is 32.6 Å². The largest absolute Gasteiger partial charge is 0.497 e. The van der Waals surface area contributed by atoms with Crippen LogP contribution in [0.5, 0.6) is 5.75 Å². The zero-order chi connectivity index (χ0) is 26.8. The van der Waals surface area contributed by atoms with Crippen LogP contribution in [-0.4, -0.2) is 63.4 Å². The number of carbonyl (C=O) groups is 2. The Morgan fingerprint density at radius 2 is 1.79 bits per heavy atom. The highest BCUT2D eigenvalue weighted by atomic mass is 32.2. The maximum atomic E-state index is 14.8. The molecule has 3 aliphatic heterocycles. The van der Waals surface area contributed by atoms with Gasteiger partial charge in [0, 0.05) is 43.2 Å². The Morgan fingerprint density at radius 3 is 2.47 bits per heavy atom. The zero-order valence-electron chi connectivity index (χ0n) is 21.1. The molecule has 3 aromatic rings. The normalized spacial score (nSPS) is 26.7. The van der Waals surface area contributed by atoms with Crippen LogP contribution >= 0.6 is 24.0 Å². The van der Waals surface area contributed by atoms with Gasteiger partial charge < -0.3 is 9.64 Å². The fourth-order valence-electron chi connectivity index (χ4n) is 6.32. The highest BCUT2D eigenvalue weighted by Gasteiger charge is 2.78. The molecule has 7 nitrogen and oxygen atoms in total. The summed E-state index contributed by atoms with van der Waals surface area (Å²) in [6.45, 7) is 0.649. The fourth-order valence-corrected chi connectivity index (χ4v) is 8.44. The first-order chi connectivity index (χ1) is 18.3. The molecule has 0 bridgehead atoms. The van der Waals surface area contributed by atoms with Crippen LogP contribution < -0.4 is 9.64 Å². The summed E-state index contributed by atoms with van der Waals surface area (Å²) in [6.07, 6.45) is 3.36. The minimum atomic E-state index is -1.45. The summed E-state index contributed by atoms with van der Waals surface area (Å²) in [7, 11) is 5.10. The van der Waals surface area contributed by atoms with Crippen molar-refractivity contribution in [2.45, 2.75) is 22.7 Å². The lowest BCUT2D eigenvalue weighted by Crippen LogP contribution is -2.62. The number of pyridine rings is 1. The molecule has 38 heavy (non-hydrogen) atoms. The minimum Gasteiger partial charge on any atom is -0.497 e. The summed E-state index contributed by atoms with van der Waals surface area (Å²) in [5.41, 5.74) is 1.37.